The standard InChI is InChI=1S/C12H16O3/c1-3-5-6-7-8-10-12(14)11(13)9(4-2)15-10/h3-14H,1-2H2/b6-5?,8-7+. The molecule has 0 bridgehead atoms. The predicted octanol–water partition coefficient (Wildman–Crippen LogP) is 0.960. The molecule has 2 N–H and O–H groups in total. The minimum atomic E-state index is -0.902. The van der Waals surface area contributed by atoms with Gasteiger partial charge in [-0.3, -0.25) is 0 Å². The zero-order valence-corrected chi connectivity index (χ0v) is 8.49. The average molecular weight is 208 g/mol. The van der Waals surface area contributed by atoms with Crippen LogP contribution in [0.3, 0.4) is 0 Å². The maximum absolute atomic E-state index is 9.60. The number of hydrogen-bond donors (Lipinski definition) is 2. The molecule has 0 radical (unpaired) electrons. The summed E-state index contributed by atoms with van der Waals surface area (Å²) in [5.74, 6) is 0. The lowest BCUT2D eigenvalue weighted by Crippen LogP contribution is -2.30. The molecular formula is C12H16O3. The van der Waals surface area contributed by atoms with Crippen LogP contribution >= 0.6 is 0 Å². The topological polar surface area (TPSA) is 49.7 Å². The van der Waals surface area contributed by atoms with E-state index in [2.05, 4.69) is 13.2 Å². The Labute approximate surface area is 89.7 Å². The van der Waals surface area contributed by atoms with Crippen LogP contribution in [0.4, 0.5) is 0 Å². The third kappa shape index (κ3) is 2.89. The molecule has 0 amide bonds. The third-order valence-corrected chi connectivity index (χ3v) is 2.23. The summed E-state index contributed by atoms with van der Waals surface area (Å²) in [6.45, 7) is 7.05. The van der Waals surface area contributed by atoms with Gasteiger partial charge in [-0.15, -0.1) is 6.58 Å². The van der Waals surface area contributed by atoms with Crippen LogP contribution in [0.2, 0.25) is 0 Å². The van der Waals surface area contributed by atoms with Gasteiger partial charge in [-0.25, -0.2) is 0 Å². The van der Waals surface area contributed by atoms with Crippen molar-refractivity contribution >= 4 is 0 Å². The Hall–Kier alpha value is -1.16. The normalized spacial score (nSPS) is 36.4. The second kappa shape index (κ2) is 5.66. The van der Waals surface area contributed by atoms with Gasteiger partial charge in [0.2, 0.25) is 0 Å². The summed E-state index contributed by atoms with van der Waals surface area (Å²) in [6.07, 6.45) is 7.32. The third-order valence-electron chi connectivity index (χ3n) is 2.23. The molecular weight excluding hydrogens is 192 g/mol. The molecule has 4 atom stereocenters. The minimum Gasteiger partial charge on any atom is -0.387 e. The van der Waals surface area contributed by atoms with Gasteiger partial charge in [-0.05, 0) is 0 Å². The smallest absolute Gasteiger partial charge is 0.112 e. The number of rotatable bonds is 4. The second-order valence-electron chi connectivity index (χ2n) is 3.29. The molecule has 0 aromatic heterocycles. The summed E-state index contributed by atoms with van der Waals surface area (Å²) in [7, 11) is 0. The van der Waals surface area contributed by atoms with E-state index in [1.807, 2.05) is 0 Å². The maximum Gasteiger partial charge on any atom is 0.112 e. The van der Waals surface area contributed by atoms with Crippen molar-refractivity contribution in [2.45, 2.75) is 24.4 Å². The highest BCUT2D eigenvalue weighted by Gasteiger charge is 2.39. The lowest BCUT2D eigenvalue weighted by molar-refractivity contribution is 0.0394. The van der Waals surface area contributed by atoms with Gasteiger partial charge >= 0.3 is 0 Å². The van der Waals surface area contributed by atoms with Crippen LogP contribution in [0.25, 0.3) is 0 Å². The first kappa shape index (κ1) is 11.9. The molecule has 1 heterocycles. The fourth-order valence-corrected chi connectivity index (χ4v) is 1.40. The van der Waals surface area contributed by atoms with Gasteiger partial charge in [0.25, 0.3) is 0 Å². The van der Waals surface area contributed by atoms with E-state index in [1.54, 1.807) is 30.4 Å². The molecule has 3 nitrogen and oxygen atoms in total. The summed E-state index contributed by atoms with van der Waals surface area (Å²) in [4.78, 5) is 0. The molecule has 1 fully saturated rings. The van der Waals surface area contributed by atoms with E-state index in [-0.39, 0.29) is 0 Å². The number of aliphatic hydroxyl groups is 2. The van der Waals surface area contributed by atoms with Crippen molar-refractivity contribution in [2.24, 2.45) is 0 Å². The lowest BCUT2D eigenvalue weighted by atomic mass is 10.1. The highest BCUT2D eigenvalue weighted by molar-refractivity contribution is 5.13. The summed E-state index contributed by atoms with van der Waals surface area (Å²) in [5.41, 5.74) is 0. The largest absolute Gasteiger partial charge is 0.387 e. The number of aliphatic hydroxyl groups excluding tert-OH is 2. The molecule has 1 aliphatic heterocycles. The highest BCUT2D eigenvalue weighted by atomic mass is 16.5. The van der Waals surface area contributed by atoms with Crippen molar-refractivity contribution in [3.63, 3.8) is 0 Å². The van der Waals surface area contributed by atoms with Gasteiger partial charge in [0.05, 0.1) is 0 Å². The van der Waals surface area contributed by atoms with E-state index in [0.29, 0.717) is 0 Å². The van der Waals surface area contributed by atoms with Crippen LogP contribution in [0.5, 0.6) is 0 Å². The van der Waals surface area contributed by atoms with Crippen molar-refractivity contribution in [2.75, 3.05) is 0 Å². The van der Waals surface area contributed by atoms with Crippen molar-refractivity contribution in [1.82, 2.24) is 0 Å². The fourth-order valence-electron chi connectivity index (χ4n) is 1.40. The van der Waals surface area contributed by atoms with Crippen LogP contribution in [0, 0.1) is 0 Å². The molecule has 1 rings (SSSR count). The molecule has 82 valence electrons. The predicted molar refractivity (Wildman–Crippen MR) is 59.3 cm³/mol. The minimum absolute atomic E-state index is 0.488. The number of hydrogen-bond acceptors (Lipinski definition) is 3. The first-order valence-corrected chi connectivity index (χ1v) is 4.80. The first-order chi connectivity index (χ1) is 7.20. The van der Waals surface area contributed by atoms with E-state index in [0.717, 1.165) is 0 Å². The van der Waals surface area contributed by atoms with Gasteiger partial charge in [-0.2, -0.15) is 0 Å². The molecule has 4 unspecified atom stereocenters. The van der Waals surface area contributed by atoms with Crippen molar-refractivity contribution in [3.05, 3.63) is 49.6 Å². The van der Waals surface area contributed by atoms with Crippen LogP contribution < -0.4 is 0 Å². The molecule has 1 saturated heterocycles. The zero-order valence-electron chi connectivity index (χ0n) is 8.49. The Kier molecular flexibility index (Phi) is 4.49. The van der Waals surface area contributed by atoms with Gasteiger partial charge in [0, 0.05) is 0 Å². The Balaban J connectivity index is 2.57. The molecule has 0 aromatic rings. The molecule has 3 heteroatoms. The lowest BCUT2D eigenvalue weighted by Gasteiger charge is -2.09. The van der Waals surface area contributed by atoms with Crippen molar-refractivity contribution in [1.29, 1.82) is 0 Å². The van der Waals surface area contributed by atoms with E-state index >= 15 is 0 Å². The monoisotopic (exact) mass is 208 g/mol. The van der Waals surface area contributed by atoms with Crippen molar-refractivity contribution in [3.8, 4) is 0 Å². The molecule has 0 spiro atoms. The molecule has 1 aliphatic rings. The summed E-state index contributed by atoms with van der Waals surface area (Å²) in [5, 5.41) is 19.1. The molecule has 15 heavy (non-hydrogen) atoms. The Morgan fingerprint density at radius 1 is 0.933 bits per heavy atom. The summed E-state index contributed by atoms with van der Waals surface area (Å²) >= 11 is 0. The van der Waals surface area contributed by atoms with E-state index in [9.17, 15) is 10.2 Å². The Morgan fingerprint density at radius 2 is 1.60 bits per heavy atom. The summed E-state index contributed by atoms with van der Waals surface area (Å²) in [6, 6.07) is 0. The summed E-state index contributed by atoms with van der Waals surface area (Å²) < 4.78 is 5.35. The highest BCUT2D eigenvalue weighted by Crippen LogP contribution is 2.22. The van der Waals surface area contributed by atoms with Gasteiger partial charge in [0.15, 0.2) is 0 Å². The number of ether oxygens (including phenoxy) is 1. The zero-order chi connectivity index (χ0) is 11.3. The Morgan fingerprint density at radius 3 is 2.13 bits per heavy atom. The van der Waals surface area contributed by atoms with Gasteiger partial charge in [0.1, 0.15) is 24.4 Å². The second-order valence-corrected chi connectivity index (χ2v) is 3.29. The molecule has 0 aliphatic carbocycles. The SMILES string of the molecule is C=CC=C/C=C/C1OC(C=C)C(O)C1O. The molecule has 0 saturated carbocycles. The van der Waals surface area contributed by atoms with Gasteiger partial charge in [-0.1, -0.05) is 43.0 Å². The molecule has 0 aromatic carbocycles. The van der Waals surface area contributed by atoms with E-state index < -0.39 is 24.4 Å². The van der Waals surface area contributed by atoms with Crippen LogP contribution in [0.15, 0.2) is 49.6 Å². The van der Waals surface area contributed by atoms with Crippen LogP contribution in [-0.4, -0.2) is 34.6 Å². The van der Waals surface area contributed by atoms with Gasteiger partial charge < -0.3 is 14.9 Å². The first-order valence-electron chi connectivity index (χ1n) is 4.80. The Bertz CT molecular complexity index is 281. The quantitative estimate of drug-likeness (QED) is 0.534. The van der Waals surface area contributed by atoms with E-state index in [4.69, 9.17) is 4.74 Å². The van der Waals surface area contributed by atoms with Crippen molar-refractivity contribution < 1.29 is 14.9 Å². The van der Waals surface area contributed by atoms with Crippen LogP contribution in [0.1, 0.15) is 0 Å². The van der Waals surface area contributed by atoms with E-state index in [1.165, 1.54) is 6.08 Å². The fraction of sp³-hybridized carbons (Fsp3) is 0.333. The van der Waals surface area contributed by atoms with Crippen LogP contribution in [-0.2, 0) is 4.74 Å². The maximum atomic E-state index is 9.60. The number of allylic oxidation sites excluding steroid dienone is 4. The average Bonchev–Trinajstić information content (AvgIpc) is 2.52.